The van der Waals surface area contributed by atoms with Crippen molar-refractivity contribution in [2.45, 2.75) is 27.2 Å². The van der Waals surface area contributed by atoms with E-state index in [2.05, 4.69) is 10.4 Å². The number of aryl methyl sites for hydroxylation is 2. The number of hydrogen-bond donors (Lipinski definition) is 1. The van der Waals surface area contributed by atoms with Crippen LogP contribution in [0.2, 0.25) is 5.02 Å². The largest absolute Gasteiger partial charge is 0.325 e. The topological polar surface area (TPSA) is 70.7 Å². The first-order chi connectivity index (χ1) is 13.3. The monoisotopic (exact) mass is 396 g/mol. The molecule has 2 aromatic carbocycles. The van der Waals surface area contributed by atoms with Gasteiger partial charge < -0.3 is 5.32 Å². The van der Waals surface area contributed by atoms with Crippen LogP contribution < -0.4 is 5.32 Å². The van der Waals surface area contributed by atoms with E-state index in [1.807, 2.05) is 45.0 Å². The minimum Gasteiger partial charge on any atom is -0.325 e. The number of rotatable bonds is 4. The molecule has 0 atom stereocenters. The van der Waals surface area contributed by atoms with Crippen molar-refractivity contribution in [1.82, 2.24) is 9.78 Å². The fourth-order valence-electron chi connectivity index (χ4n) is 2.97. The molecule has 0 saturated heterocycles. The number of benzene rings is 2. The smallest absolute Gasteiger partial charge is 0.228 e. The highest BCUT2D eigenvalue weighted by molar-refractivity contribution is 6.31. The van der Waals surface area contributed by atoms with Crippen LogP contribution in [0.5, 0.6) is 0 Å². The number of nitriles is 1. The summed E-state index contributed by atoms with van der Waals surface area (Å²) in [5.74, 6) is -0.838. The highest BCUT2D eigenvalue weighted by atomic mass is 35.5. The summed E-state index contributed by atoms with van der Waals surface area (Å²) in [4.78, 5) is 12.5. The molecule has 0 radical (unpaired) electrons. The minimum absolute atomic E-state index is 0.0757. The molecule has 1 N–H and O–H groups in total. The van der Waals surface area contributed by atoms with Crippen molar-refractivity contribution in [2.24, 2.45) is 0 Å². The molecule has 0 fully saturated rings. The Labute approximate surface area is 167 Å². The van der Waals surface area contributed by atoms with Crippen LogP contribution in [0, 0.1) is 37.9 Å². The van der Waals surface area contributed by atoms with Crippen molar-refractivity contribution in [3.63, 3.8) is 0 Å². The molecular weight excluding hydrogens is 379 g/mol. The first-order valence-corrected chi connectivity index (χ1v) is 8.99. The third kappa shape index (κ3) is 3.90. The summed E-state index contributed by atoms with van der Waals surface area (Å²) in [5.41, 5.74) is 4.48. The summed E-state index contributed by atoms with van der Waals surface area (Å²) in [6.07, 6.45) is 0.0828. The Balaban J connectivity index is 1.85. The molecule has 5 nitrogen and oxygen atoms in total. The van der Waals surface area contributed by atoms with E-state index in [0.29, 0.717) is 5.02 Å². The molecule has 1 aromatic heterocycles. The quantitative estimate of drug-likeness (QED) is 0.698. The summed E-state index contributed by atoms with van der Waals surface area (Å²) in [6.45, 7) is 5.64. The van der Waals surface area contributed by atoms with Crippen LogP contribution in [0.15, 0.2) is 36.4 Å². The number of aromatic nitrogens is 2. The molecule has 0 bridgehead atoms. The van der Waals surface area contributed by atoms with Gasteiger partial charge in [0.05, 0.1) is 29.1 Å². The Morgan fingerprint density at radius 3 is 2.68 bits per heavy atom. The Bertz CT molecular complexity index is 1110. The number of halogens is 2. The first-order valence-electron chi connectivity index (χ1n) is 8.61. The third-order valence-electron chi connectivity index (χ3n) is 4.55. The zero-order valence-electron chi connectivity index (χ0n) is 15.7. The van der Waals surface area contributed by atoms with Gasteiger partial charge in [0.15, 0.2) is 0 Å². The Morgan fingerprint density at radius 2 is 2.00 bits per heavy atom. The van der Waals surface area contributed by atoms with Crippen molar-refractivity contribution < 1.29 is 9.18 Å². The third-order valence-corrected chi connectivity index (χ3v) is 4.96. The number of nitrogens with zero attached hydrogens (tertiary/aromatic N) is 3. The molecule has 0 aliphatic carbocycles. The summed E-state index contributed by atoms with van der Waals surface area (Å²) in [5, 5.41) is 17.0. The summed E-state index contributed by atoms with van der Waals surface area (Å²) in [7, 11) is 0. The molecule has 0 aliphatic heterocycles. The molecule has 3 rings (SSSR count). The molecule has 142 valence electrons. The standard InChI is InChI=1S/C21H18ClFN4O/c1-12-4-6-17(9-19(12)22)27-14(3)18(13(2)26-27)10-21(28)25-20-7-5-16(23)8-15(20)11-24/h4-9H,10H2,1-3H3,(H,25,28). The molecule has 3 aromatic rings. The molecular formula is C21H18ClFN4O. The number of nitrogens with one attached hydrogen (secondary N) is 1. The van der Waals surface area contributed by atoms with Crippen LogP contribution in [-0.4, -0.2) is 15.7 Å². The van der Waals surface area contributed by atoms with Gasteiger partial charge in [-0.2, -0.15) is 10.4 Å². The second-order valence-corrected chi connectivity index (χ2v) is 6.93. The number of carbonyl (C=O) groups is 1. The highest BCUT2D eigenvalue weighted by Gasteiger charge is 2.17. The van der Waals surface area contributed by atoms with Gasteiger partial charge in [-0.3, -0.25) is 4.79 Å². The van der Waals surface area contributed by atoms with Gasteiger partial charge >= 0.3 is 0 Å². The van der Waals surface area contributed by atoms with Gasteiger partial charge in [0, 0.05) is 16.3 Å². The SMILES string of the molecule is Cc1ccc(-n2nc(C)c(CC(=O)Nc3ccc(F)cc3C#N)c2C)cc1Cl. The predicted octanol–water partition coefficient (Wildman–Crippen LogP) is 4.64. The van der Waals surface area contributed by atoms with Crippen molar-refractivity contribution >= 4 is 23.2 Å². The Kier molecular flexibility index (Phi) is 5.48. The summed E-state index contributed by atoms with van der Waals surface area (Å²) < 4.78 is 15.0. The summed E-state index contributed by atoms with van der Waals surface area (Å²) in [6, 6.07) is 11.2. The lowest BCUT2D eigenvalue weighted by atomic mass is 10.1. The minimum atomic E-state index is -0.528. The van der Waals surface area contributed by atoms with E-state index in [9.17, 15) is 9.18 Å². The maximum absolute atomic E-state index is 13.3. The van der Waals surface area contributed by atoms with Gasteiger partial charge in [-0.25, -0.2) is 9.07 Å². The molecule has 28 heavy (non-hydrogen) atoms. The molecule has 0 saturated carbocycles. The second-order valence-electron chi connectivity index (χ2n) is 6.52. The lowest BCUT2D eigenvalue weighted by molar-refractivity contribution is -0.115. The first kappa shape index (κ1) is 19.6. The van der Waals surface area contributed by atoms with Gasteiger partial charge in [0.1, 0.15) is 11.9 Å². The number of anilines is 1. The van der Waals surface area contributed by atoms with Gasteiger partial charge in [-0.05, 0) is 56.7 Å². The number of carbonyl (C=O) groups excluding carboxylic acids is 1. The molecule has 0 unspecified atom stereocenters. The van der Waals surface area contributed by atoms with E-state index in [-0.39, 0.29) is 23.6 Å². The molecule has 0 aliphatic rings. The van der Waals surface area contributed by atoms with Crippen molar-refractivity contribution in [3.05, 3.63) is 75.3 Å². The summed E-state index contributed by atoms with van der Waals surface area (Å²) >= 11 is 6.22. The van der Waals surface area contributed by atoms with E-state index in [4.69, 9.17) is 16.9 Å². The van der Waals surface area contributed by atoms with Crippen LogP contribution in [-0.2, 0) is 11.2 Å². The average Bonchev–Trinajstić information content (AvgIpc) is 2.93. The van der Waals surface area contributed by atoms with E-state index in [1.54, 1.807) is 4.68 Å². The van der Waals surface area contributed by atoms with Crippen LogP contribution in [0.1, 0.15) is 28.1 Å². The van der Waals surface area contributed by atoms with Crippen LogP contribution in [0.25, 0.3) is 5.69 Å². The van der Waals surface area contributed by atoms with Crippen LogP contribution in [0.3, 0.4) is 0 Å². The number of hydrogen-bond acceptors (Lipinski definition) is 3. The van der Waals surface area contributed by atoms with Gasteiger partial charge in [0.2, 0.25) is 5.91 Å². The Morgan fingerprint density at radius 1 is 1.25 bits per heavy atom. The van der Waals surface area contributed by atoms with E-state index < -0.39 is 5.82 Å². The lowest BCUT2D eigenvalue weighted by Crippen LogP contribution is -2.16. The van der Waals surface area contributed by atoms with Gasteiger partial charge in [-0.1, -0.05) is 17.7 Å². The molecule has 1 amide bonds. The molecule has 1 heterocycles. The predicted molar refractivity (Wildman–Crippen MR) is 106 cm³/mol. The van der Waals surface area contributed by atoms with Gasteiger partial charge in [-0.15, -0.1) is 0 Å². The van der Waals surface area contributed by atoms with E-state index in [0.717, 1.165) is 34.3 Å². The van der Waals surface area contributed by atoms with E-state index in [1.165, 1.54) is 12.1 Å². The van der Waals surface area contributed by atoms with E-state index >= 15 is 0 Å². The van der Waals surface area contributed by atoms with Gasteiger partial charge in [0.25, 0.3) is 0 Å². The van der Waals surface area contributed by atoms with Crippen LogP contribution in [0.4, 0.5) is 10.1 Å². The zero-order valence-corrected chi connectivity index (χ0v) is 16.4. The maximum atomic E-state index is 13.3. The lowest BCUT2D eigenvalue weighted by Gasteiger charge is -2.09. The normalized spacial score (nSPS) is 10.6. The fraction of sp³-hybridized carbons (Fsp3) is 0.190. The fourth-order valence-corrected chi connectivity index (χ4v) is 3.14. The maximum Gasteiger partial charge on any atom is 0.228 e. The second kappa shape index (κ2) is 7.83. The van der Waals surface area contributed by atoms with Crippen molar-refractivity contribution in [1.29, 1.82) is 5.26 Å². The van der Waals surface area contributed by atoms with Crippen molar-refractivity contribution in [2.75, 3.05) is 5.32 Å². The van der Waals surface area contributed by atoms with Crippen molar-refractivity contribution in [3.8, 4) is 11.8 Å². The Hall–Kier alpha value is -3.17. The average molecular weight is 397 g/mol. The molecule has 7 heteroatoms. The van der Waals surface area contributed by atoms with Crippen LogP contribution >= 0.6 is 11.6 Å². The molecule has 0 spiro atoms. The highest BCUT2D eigenvalue weighted by Crippen LogP contribution is 2.24. The zero-order chi connectivity index (χ0) is 20.4. The number of amides is 1.